The van der Waals surface area contributed by atoms with Crippen molar-refractivity contribution in [3.8, 4) is 0 Å². The van der Waals surface area contributed by atoms with Gasteiger partial charge in [-0.1, -0.05) is 25.4 Å². The van der Waals surface area contributed by atoms with Crippen molar-refractivity contribution in [2.24, 2.45) is 16.3 Å². The first-order chi connectivity index (χ1) is 8.95. The Hall–Kier alpha value is -1.07. The minimum Gasteiger partial charge on any atom is -0.409 e. The fourth-order valence-corrected chi connectivity index (χ4v) is 2.73. The molecule has 1 aromatic heterocycles. The second-order valence-electron chi connectivity index (χ2n) is 5.52. The predicted octanol–water partition coefficient (Wildman–Crippen LogP) is 3.09. The van der Waals surface area contributed by atoms with Gasteiger partial charge >= 0.3 is 0 Å². The Bertz CT molecular complexity index is 413. The standard InChI is InChI=1S/C14H25N3OS/c1-11-6-7-12(19-11)10-16-9-5-4-8-14(2,3)13(15)17-18/h6-7,16,18H,4-5,8-10H2,1-3H3,(H2,15,17). The Morgan fingerprint density at radius 3 is 2.74 bits per heavy atom. The maximum atomic E-state index is 8.69. The second-order valence-corrected chi connectivity index (χ2v) is 6.89. The minimum absolute atomic E-state index is 0.223. The Labute approximate surface area is 119 Å². The molecule has 0 saturated carbocycles. The molecule has 1 rings (SSSR count). The fourth-order valence-electron chi connectivity index (χ4n) is 1.87. The number of nitrogens with zero attached hydrogens (tertiary/aromatic N) is 1. The lowest BCUT2D eigenvalue weighted by molar-refractivity contribution is 0.304. The fraction of sp³-hybridized carbons (Fsp3) is 0.643. The van der Waals surface area contributed by atoms with Crippen LogP contribution >= 0.6 is 11.3 Å². The molecule has 108 valence electrons. The van der Waals surface area contributed by atoms with Crippen LogP contribution < -0.4 is 11.1 Å². The first-order valence-corrected chi connectivity index (χ1v) is 7.51. The van der Waals surface area contributed by atoms with Gasteiger partial charge < -0.3 is 16.3 Å². The quantitative estimate of drug-likeness (QED) is 0.226. The first-order valence-electron chi connectivity index (χ1n) is 6.70. The third-order valence-corrected chi connectivity index (χ3v) is 4.30. The maximum Gasteiger partial charge on any atom is 0.144 e. The Kier molecular flexibility index (Phi) is 6.31. The molecule has 4 N–H and O–H groups in total. The SMILES string of the molecule is Cc1ccc(CNCCCCC(C)(C)/C(N)=N/O)s1. The van der Waals surface area contributed by atoms with E-state index in [0.29, 0.717) is 5.84 Å². The molecule has 19 heavy (non-hydrogen) atoms. The minimum atomic E-state index is -0.223. The number of oxime groups is 1. The molecule has 0 unspecified atom stereocenters. The smallest absolute Gasteiger partial charge is 0.144 e. The molecule has 0 aliphatic carbocycles. The lowest BCUT2D eigenvalue weighted by atomic mass is 9.86. The van der Waals surface area contributed by atoms with E-state index < -0.39 is 0 Å². The van der Waals surface area contributed by atoms with Gasteiger partial charge in [-0.2, -0.15) is 0 Å². The highest BCUT2D eigenvalue weighted by atomic mass is 32.1. The molecule has 0 atom stereocenters. The summed E-state index contributed by atoms with van der Waals surface area (Å²) in [4.78, 5) is 2.74. The van der Waals surface area contributed by atoms with Gasteiger partial charge in [0, 0.05) is 21.7 Å². The van der Waals surface area contributed by atoms with Gasteiger partial charge in [0.05, 0.1) is 0 Å². The number of amidine groups is 1. The molecule has 0 amide bonds. The summed E-state index contributed by atoms with van der Waals surface area (Å²) in [5.41, 5.74) is 5.43. The Balaban J connectivity index is 2.11. The van der Waals surface area contributed by atoms with Gasteiger partial charge in [0.15, 0.2) is 0 Å². The van der Waals surface area contributed by atoms with E-state index >= 15 is 0 Å². The molecular formula is C14H25N3OS. The van der Waals surface area contributed by atoms with Crippen molar-refractivity contribution >= 4 is 17.2 Å². The van der Waals surface area contributed by atoms with Crippen molar-refractivity contribution in [1.82, 2.24) is 5.32 Å². The van der Waals surface area contributed by atoms with Crippen LogP contribution in [0.25, 0.3) is 0 Å². The van der Waals surface area contributed by atoms with Gasteiger partial charge in [0.1, 0.15) is 5.84 Å². The summed E-state index contributed by atoms with van der Waals surface area (Å²) in [6.45, 7) is 8.09. The van der Waals surface area contributed by atoms with Crippen molar-refractivity contribution in [1.29, 1.82) is 0 Å². The number of rotatable bonds is 8. The van der Waals surface area contributed by atoms with Gasteiger partial charge in [-0.05, 0) is 38.4 Å². The van der Waals surface area contributed by atoms with Crippen LogP contribution in [0.3, 0.4) is 0 Å². The van der Waals surface area contributed by atoms with E-state index in [1.165, 1.54) is 9.75 Å². The molecule has 4 nitrogen and oxygen atoms in total. The van der Waals surface area contributed by atoms with Crippen LogP contribution in [0.2, 0.25) is 0 Å². The zero-order chi connectivity index (χ0) is 14.3. The maximum absolute atomic E-state index is 8.69. The number of nitrogens with one attached hydrogen (secondary N) is 1. The largest absolute Gasteiger partial charge is 0.409 e. The number of aryl methyl sites for hydroxylation is 1. The van der Waals surface area contributed by atoms with Crippen molar-refractivity contribution in [2.75, 3.05) is 6.54 Å². The molecule has 0 fully saturated rings. The lowest BCUT2D eigenvalue weighted by Crippen LogP contribution is -2.32. The molecule has 0 saturated heterocycles. The summed E-state index contributed by atoms with van der Waals surface area (Å²) in [7, 11) is 0. The highest BCUT2D eigenvalue weighted by molar-refractivity contribution is 7.11. The average molecular weight is 283 g/mol. The molecule has 1 heterocycles. The predicted molar refractivity (Wildman–Crippen MR) is 81.8 cm³/mol. The van der Waals surface area contributed by atoms with E-state index in [-0.39, 0.29) is 5.41 Å². The summed E-state index contributed by atoms with van der Waals surface area (Å²) in [6.07, 6.45) is 3.11. The molecule has 0 aliphatic heterocycles. The summed E-state index contributed by atoms with van der Waals surface area (Å²) >= 11 is 1.84. The second kappa shape index (κ2) is 7.50. The number of nitrogens with two attached hydrogens (primary N) is 1. The van der Waals surface area contributed by atoms with E-state index in [1.54, 1.807) is 0 Å². The van der Waals surface area contributed by atoms with Crippen molar-refractivity contribution in [2.45, 2.75) is 46.6 Å². The summed E-state index contributed by atoms with van der Waals surface area (Å²) < 4.78 is 0. The van der Waals surface area contributed by atoms with E-state index in [0.717, 1.165) is 32.4 Å². The van der Waals surface area contributed by atoms with E-state index in [4.69, 9.17) is 10.9 Å². The van der Waals surface area contributed by atoms with Gasteiger partial charge in [0.25, 0.3) is 0 Å². The summed E-state index contributed by atoms with van der Waals surface area (Å²) in [5.74, 6) is 0.314. The molecular weight excluding hydrogens is 258 g/mol. The van der Waals surface area contributed by atoms with E-state index in [2.05, 4.69) is 29.5 Å². The van der Waals surface area contributed by atoms with Crippen LogP contribution in [-0.2, 0) is 6.54 Å². The zero-order valence-corrected chi connectivity index (χ0v) is 12.9. The number of hydrogen-bond acceptors (Lipinski definition) is 4. The van der Waals surface area contributed by atoms with Gasteiger partial charge in [-0.25, -0.2) is 0 Å². The van der Waals surface area contributed by atoms with Crippen LogP contribution in [0.1, 0.15) is 42.9 Å². The van der Waals surface area contributed by atoms with Gasteiger partial charge in [-0.3, -0.25) is 0 Å². The third-order valence-electron chi connectivity index (χ3n) is 3.30. The van der Waals surface area contributed by atoms with Crippen molar-refractivity contribution < 1.29 is 5.21 Å². The normalized spacial score (nSPS) is 12.9. The molecule has 0 bridgehead atoms. The van der Waals surface area contributed by atoms with Crippen molar-refractivity contribution in [3.05, 3.63) is 21.9 Å². The Morgan fingerprint density at radius 1 is 1.42 bits per heavy atom. The van der Waals surface area contributed by atoms with Gasteiger partial charge in [0.2, 0.25) is 0 Å². The zero-order valence-electron chi connectivity index (χ0n) is 12.1. The molecule has 0 aromatic carbocycles. The van der Waals surface area contributed by atoms with Crippen LogP contribution in [0.15, 0.2) is 17.3 Å². The van der Waals surface area contributed by atoms with Crippen LogP contribution in [0.5, 0.6) is 0 Å². The molecule has 0 radical (unpaired) electrons. The molecule has 5 heteroatoms. The molecule has 0 spiro atoms. The topological polar surface area (TPSA) is 70.6 Å². The highest BCUT2D eigenvalue weighted by Gasteiger charge is 2.22. The lowest BCUT2D eigenvalue weighted by Gasteiger charge is -2.22. The van der Waals surface area contributed by atoms with E-state index in [1.807, 2.05) is 25.2 Å². The molecule has 0 aliphatic rings. The summed E-state index contributed by atoms with van der Waals surface area (Å²) in [6, 6.07) is 4.33. The van der Waals surface area contributed by atoms with Crippen LogP contribution in [0, 0.1) is 12.3 Å². The first kappa shape index (κ1) is 16.0. The molecule has 1 aromatic rings. The van der Waals surface area contributed by atoms with Crippen LogP contribution in [-0.4, -0.2) is 17.6 Å². The number of thiophene rings is 1. The number of hydrogen-bond donors (Lipinski definition) is 3. The highest BCUT2D eigenvalue weighted by Crippen LogP contribution is 2.23. The summed E-state index contributed by atoms with van der Waals surface area (Å²) in [5, 5.41) is 15.2. The Morgan fingerprint density at radius 2 is 2.16 bits per heavy atom. The van der Waals surface area contributed by atoms with Crippen LogP contribution in [0.4, 0.5) is 0 Å². The van der Waals surface area contributed by atoms with E-state index in [9.17, 15) is 0 Å². The van der Waals surface area contributed by atoms with Gasteiger partial charge in [-0.15, -0.1) is 11.3 Å². The number of unbranched alkanes of at least 4 members (excludes halogenated alkanes) is 1. The monoisotopic (exact) mass is 283 g/mol. The van der Waals surface area contributed by atoms with Crippen molar-refractivity contribution in [3.63, 3.8) is 0 Å². The average Bonchev–Trinajstić information content (AvgIpc) is 2.78. The third kappa shape index (κ3) is 5.61.